The molecule has 0 atom stereocenters. The lowest BCUT2D eigenvalue weighted by atomic mass is 10.2. The fourth-order valence-electron chi connectivity index (χ4n) is 1.60. The van der Waals surface area contributed by atoms with Crippen molar-refractivity contribution in [2.75, 3.05) is 11.9 Å². The van der Waals surface area contributed by atoms with Crippen LogP contribution in [0, 0.1) is 0 Å². The van der Waals surface area contributed by atoms with Crippen LogP contribution in [0.4, 0.5) is 11.4 Å². The molecular formula is C15H15N3O2. The second-order valence-electron chi connectivity index (χ2n) is 4.10. The molecule has 2 rings (SSSR count). The summed E-state index contributed by atoms with van der Waals surface area (Å²) in [6, 6.07) is 10.1. The lowest BCUT2D eigenvalue weighted by molar-refractivity contribution is 0.0953. The van der Waals surface area contributed by atoms with E-state index in [1.54, 1.807) is 48.7 Å². The third-order valence-corrected chi connectivity index (χ3v) is 2.56. The first-order valence-corrected chi connectivity index (χ1v) is 6.10. The molecule has 0 unspecified atom stereocenters. The fourth-order valence-corrected chi connectivity index (χ4v) is 1.60. The van der Waals surface area contributed by atoms with E-state index in [1.165, 1.54) is 0 Å². The maximum atomic E-state index is 11.8. The van der Waals surface area contributed by atoms with Crippen molar-refractivity contribution < 1.29 is 9.90 Å². The van der Waals surface area contributed by atoms with Gasteiger partial charge in [0.1, 0.15) is 11.4 Å². The van der Waals surface area contributed by atoms with Crippen LogP contribution in [0.5, 0.6) is 5.75 Å². The molecule has 0 saturated carbocycles. The number of rotatable bonds is 5. The number of phenolic OH excluding ortho intramolecular Hbond substituents is 1. The summed E-state index contributed by atoms with van der Waals surface area (Å²) in [4.78, 5) is 15.8. The number of nitrogens with zero attached hydrogens (tertiary/aromatic N) is 1. The highest BCUT2D eigenvalue weighted by Crippen LogP contribution is 2.19. The summed E-state index contributed by atoms with van der Waals surface area (Å²) in [5.41, 5.74) is 1.89. The second kappa shape index (κ2) is 6.38. The van der Waals surface area contributed by atoms with Gasteiger partial charge in [0.05, 0.1) is 0 Å². The zero-order valence-corrected chi connectivity index (χ0v) is 10.8. The molecule has 0 fully saturated rings. The minimum atomic E-state index is -0.251. The average Bonchev–Trinajstić information content (AvgIpc) is 2.47. The van der Waals surface area contributed by atoms with Crippen molar-refractivity contribution in [1.82, 2.24) is 10.3 Å². The number of carbonyl (C=O) groups is 1. The molecule has 2 aromatic rings. The first-order valence-electron chi connectivity index (χ1n) is 6.10. The van der Waals surface area contributed by atoms with Crippen molar-refractivity contribution in [3.05, 3.63) is 60.9 Å². The van der Waals surface area contributed by atoms with Crippen LogP contribution in [0.2, 0.25) is 0 Å². The summed E-state index contributed by atoms with van der Waals surface area (Å²) in [6.45, 7) is 3.94. The maximum absolute atomic E-state index is 11.8. The summed E-state index contributed by atoms with van der Waals surface area (Å²) in [5.74, 6) is -0.0472. The van der Waals surface area contributed by atoms with Gasteiger partial charge in [0, 0.05) is 24.1 Å². The third-order valence-electron chi connectivity index (χ3n) is 2.56. The van der Waals surface area contributed by atoms with Gasteiger partial charge in [0.15, 0.2) is 0 Å². The SMILES string of the molecule is C=CCNC(=O)c1cc(Nc2ccc(O)cc2)ccn1. The number of nitrogens with one attached hydrogen (secondary N) is 2. The summed E-state index contributed by atoms with van der Waals surface area (Å²) in [7, 11) is 0. The monoisotopic (exact) mass is 269 g/mol. The topological polar surface area (TPSA) is 74.2 Å². The number of benzene rings is 1. The van der Waals surface area contributed by atoms with Crippen LogP contribution < -0.4 is 10.6 Å². The zero-order valence-electron chi connectivity index (χ0n) is 10.8. The molecule has 1 aromatic carbocycles. The van der Waals surface area contributed by atoms with Crippen molar-refractivity contribution >= 4 is 17.3 Å². The highest BCUT2D eigenvalue weighted by atomic mass is 16.3. The molecule has 1 aromatic heterocycles. The molecule has 1 heterocycles. The summed E-state index contributed by atoms with van der Waals surface area (Å²) >= 11 is 0. The van der Waals surface area contributed by atoms with Crippen LogP contribution in [-0.2, 0) is 0 Å². The van der Waals surface area contributed by atoms with Gasteiger partial charge in [-0.3, -0.25) is 9.78 Å². The van der Waals surface area contributed by atoms with Crippen molar-refractivity contribution in [2.45, 2.75) is 0 Å². The summed E-state index contributed by atoms with van der Waals surface area (Å²) in [5, 5.41) is 15.0. The Morgan fingerprint density at radius 1 is 1.25 bits per heavy atom. The molecule has 0 aliphatic carbocycles. The number of amides is 1. The lowest BCUT2D eigenvalue weighted by Gasteiger charge is -2.08. The van der Waals surface area contributed by atoms with Gasteiger partial charge in [-0.1, -0.05) is 6.08 Å². The molecule has 0 bridgehead atoms. The van der Waals surface area contributed by atoms with E-state index in [1.807, 2.05) is 0 Å². The highest BCUT2D eigenvalue weighted by Gasteiger charge is 2.06. The molecule has 0 saturated heterocycles. The largest absolute Gasteiger partial charge is 0.508 e. The van der Waals surface area contributed by atoms with E-state index < -0.39 is 0 Å². The molecule has 5 nitrogen and oxygen atoms in total. The van der Waals surface area contributed by atoms with E-state index in [4.69, 9.17) is 0 Å². The van der Waals surface area contributed by atoms with E-state index in [2.05, 4.69) is 22.2 Å². The van der Waals surface area contributed by atoms with Gasteiger partial charge >= 0.3 is 0 Å². The predicted octanol–water partition coefficient (Wildman–Crippen LogP) is 2.45. The molecule has 20 heavy (non-hydrogen) atoms. The van der Waals surface area contributed by atoms with Gasteiger partial charge < -0.3 is 15.7 Å². The van der Waals surface area contributed by atoms with E-state index in [-0.39, 0.29) is 11.7 Å². The average molecular weight is 269 g/mol. The highest BCUT2D eigenvalue weighted by molar-refractivity contribution is 5.93. The minimum absolute atomic E-state index is 0.203. The molecule has 0 radical (unpaired) electrons. The zero-order chi connectivity index (χ0) is 14.4. The van der Waals surface area contributed by atoms with E-state index in [0.717, 1.165) is 11.4 Å². The first-order chi connectivity index (χ1) is 9.69. The molecule has 102 valence electrons. The van der Waals surface area contributed by atoms with E-state index in [0.29, 0.717) is 12.2 Å². The first kappa shape index (κ1) is 13.6. The second-order valence-corrected chi connectivity index (χ2v) is 4.10. The minimum Gasteiger partial charge on any atom is -0.508 e. The quantitative estimate of drug-likeness (QED) is 0.575. The molecule has 3 N–H and O–H groups in total. The van der Waals surface area contributed by atoms with Crippen molar-refractivity contribution in [3.8, 4) is 5.75 Å². The van der Waals surface area contributed by atoms with Crippen LogP contribution >= 0.6 is 0 Å². The fraction of sp³-hybridized carbons (Fsp3) is 0.0667. The number of pyridine rings is 1. The number of anilines is 2. The molecule has 0 aliphatic heterocycles. The van der Waals surface area contributed by atoms with Gasteiger partial charge in [-0.15, -0.1) is 6.58 Å². The lowest BCUT2D eigenvalue weighted by Crippen LogP contribution is -2.24. The van der Waals surface area contributed by atoms with Gasteiger partial charge in [-0.25, -0.2) is 0 Å². The van der Waals surface area contributed by atoms with Gasteiger partial charge in [-0.05, 0) is 36.4 Å². The summed E-state index contributed by atoms with van der Waals surface area (Å²) in [6.07, 6.45) is 3.17. The van der Waals surface area contributed by atoms with E-state index in [9.17, 15) is 9.90 Å². The Hall–Kier alpha value is -2.82. The number of hydrogen-bond donors (Lipinski definition) is 3. The van der Waals surface area contributed by atoms with Gasteiger partial charge in [-0.2, -0.15) is 0 Å². The standard InChI is InChI=1S/C15H15N3O2/c1-2-8-17-15(20)14-10-12(7-9-16-14)18-11-3-5-13(19)6-4-11/h2-7,9-10,19H,1,8H2,(H,16,18)(H,17,20). The number of carbonyl (C=O) groups excluding carboxylic acids is 1. The molecule has 0 aliphatic rings. The Kier molecular flexibility index (Phi) is 4.34. The molecule has 0 spiro atoms. The van der Waals surface area contributed by atoms with Gasteiger partial charge in [0.2, 0.25) is 0 Å². The third kappa shape index (κ3) is 3.58. The van der Waals surface area contributed by atoms with Crippen LogP contribution in [-0.4, -0.2) is 22.5 Å². The van der Waals surface area contributed by atoms with Crippen molar-refractivity contribution in [3.63, 3.8) is 0 Å². The van der Waals surface area contributed by atoms with Crippen LogP contribution in [0.25, 0.3) is 0 Å². The Balaban J connectivity index is 2.11. The van der Waals surface area contributed by atoms with Crippen LogP contribution in [0.15, 0.2) is 55.3 Å². The molecule has 5 heteroatoms. The smallest absolute Gasteiger partial charge is 0.270 e. The van der Waals surface area contributed by atoms with Crippen molar-refractivity contribution in [2.24, 2.45) is 0 Å². The van der Waals surface area contributed by atoms with Crippen LogP contribution in [0.1, 0.15) is 10.5 Å². The Morgan fingerprint density at radius 3 is 2.70 bits per heavy atom. The van der Waals surface area contributed by atoms with Crippen molar-refractivity contribution in [1.29, 1.82) is 0 Å². The van der Waals surface area contributed by atoms with E-state index >= 15 is 0 Å². The Morgan fingerprint density at radius 2 is 2.00 bits per heavy atom. The Bertz CT molecular complexity index is 609. The molecular weight excluding hydrogens is 254 g/mol. The summed E-state index contributed by atoms with van der Waals surface area (Å²) < 4.78 is 0. The number of aromatic hydroxyl groups is 1. The number of aromatic nitrogens is 1. The molecule has 1 amide bonds. The van der Waals surface area contributed by atoms with Crippen LogP contribution in [0.3, 0.4) is 0 Å². The normalized spacial score (nSPS) is 9.80. The maximum Gasteiger partial charge on any atom is 0.270 e. The predicted molar refractivity (Wildman–Crippen MR) is 78.2 cm³/mol. The number of phenols is 1. The Labute approximate surface area is 117 Å². The number of hydrogen-bond acceptors (Lipinski definition) is 4. The van der Waals surface area contributed by atoms with Gasteiger partial charge in [0.25, 0.3) is 5.91 Å².